The fourth-order valence-corrected chi connectivity index (χ4v) is 6.88. The van der Waals surface area contributed by atoms with Crippen molar-refractivity contribution in [2.45, 2.75) is 219 Å². The fourth-order valence-electron chi connectivity index (χ4n) is 6.30. The van der Waals surface area contributed by atoms with Crippen molar-refractivity contribution >= 4 is 38.3 Å². The number of carbonyl (C=O) groups is 3. The molecule has 0 radical (unpaired) electrons. The first-order valence-corrected chi connectivity index (χ1v) is 23.2. The SMILES string of the molecule is CCCCCCCCCCCCCCCC(=O)OC[C@@H](CC(COP(=O)(O)O)NC(=O)CCS)OC(=O)CCCCCCCCCCCCCCC. The van der Waals surface area contributed by atoms with Crippen LogP contribution in [0.1, 0.15) is 206 Å². The van der Waals surface area contributed by atoms with Crippen molar-refractivity contribution in [2.75, 3.05) is 19.0 Å². The van der Waals surface area contributed by atoms with E-state index in [0.717, 1.165) is 38.5 Å². The average molecular weight is 780 g/mol. The zero-order valence-corrected chi connectivity index (χ0v) is 34.9. The van der Waals surface area contributed by atoms with E-state index in [2.05, 4.69) is 36.3 Å². The van der Waals surface area contributed by atoms with E-state index in [4.69, 9.17) is 9.47 Å². The topological polar surface area (TPSA) is 148 Å². The number of thiol groups is 1. The lowest BCUT2D eigenvalue weighted by Gasteiger charge is -2.25. The lowest BCUT2D eigenvalue weighted by molar-refractivity contribution is -0.160. The van der Waals surface area contributed by atoms with Crippen LogP contribution in [0.2, 0.25) is 0 Å². The average Bonchev–Trinajstić information content (AvgIpc) is 3.10. The Morgan fingerprint density at radius 2 is 0.962 bits per heavy atom. The minimum absolute atomic E-state index is 0.0331. The summed E-state index contributed by atoms with van der Waals surface area (Å²) < 4.78 is 27.3. The first-order chi connectivity index (χ1) is 25.1. The van der Waals surface area contributed by atoms with Gasteiger partial charge in [-0.3, -0.25) is 18.9 Å². The Labute approximate surface area is 323 Å². The number of ether oxygens (including phenoxy) is 2. The summed E-state index contributed by atoms with van der Waals surface area (Å²) in [6.45, 7) is 3.77. The van der Waals surface area contributed by atoms with Crippen LogP contribution in [-0.4, -0.2) is 58.7 Å². The number of carbonyl (C=O) groups excluding carboxylic acids is 3. The van der Waals surface area contributed by atoms with Crippen LogP contribution in [0, 0.1) is 0 Å². The van der Waals surface area contributed by atoms with Crippen molar-refractivity contribution < 1.29 is 42.7 Å². The molecule has 0 aliphatic carbocycles. The first-order valence-electron chi connectivity index (χ1n) is 21.1. The molecule has 52 heavy (non-hydrogen) atoms. The molecule has 0 aliphatic heterocycles. The van der Waals surface area contributed by atoms with E-state index in [1.807, 2.05) is 0 Å². The molecule has 10 nitrogen and oxygen atoms in total. The number of nitrogens with one attached hydrogen (secondary N) is 1. The highest BCUT2D eigenvalue weighted by Gasteiger charge is 2.26. The van der Waals surface area contributed by atoms with Crippen LogP contribution in [0.4, 0.5) is 0 Å². The third kappa shape index (κ3) is 37.2. The van der Waals surface area contributed by atoms with E-state index in [1.165, 1.54) is 122 Å². The maximum absolute atomic E-state index is 12.8. The van der Waals surface area contributed by atoms with Gasteiger partial charge in [-0.2, -0.15) is 12.6 Å². The summed E-state index contributed by atoms with van der Waals surface area (Å²) in [5, 5.41) is 2.67. The predicted octanol–water partition coefficient (Wildman–Crippen LogP) is 10.7. The minimum atomic E-state index is -4.81. The molecule has 0 fully saturated rings. The molecule has 0 aromatic heterocycles. The molecule has 0 heterocycles. The number of amides is 1. The quantitative estimate of drug-likeness (QED) is 0.0207. The summed E-state index contributed by atoms with van der Waals surface area (Å²) in [5.41, 5.74) is 0. The molecule has 0 aromatic rings. The number of phosphoric acid groups is 1. The maximum Gasteiger partial charge on any atom is 0.469 e. The van der Waals surface area contributed by atoms with Gasteiger partial charge < -0.3 is 24.6 Å². The van der Waals surface area contributed by atoms with Crippen LogP contribution < -0.4 is 5.32 Å². The summed E-state index contributed by atoms with van der Waals surface area (Å²) in [5.74, 6) is -0.919. The summed E-state index contributed by atoms with van der Waals surface area (Å²) in [4.78, 5) is 56.2. The lowest BCUT2D eigenvalue weighted by Crippen LogP contribution is -2.42. The van der Waals surface area contributed by atoms with Crippen molar-refractivity contribution in [1.29, 1.82) is 0 Å². The van der Waals surface area contributed by atoms with Gasteiger partial charge in [0.15, 0.2) is 0 Å². The second kappa shape index (κ2) is 36.8. The molecule has 0 bridgehead atoms. The molecule has 3 N–H and O–H groups in total. The Morgan fingerprint density at radius 3 is 1.35 bits per heavy atom. The third-order valence-electron chi connectivity index (χ3n) is 9.39. The second-order valence-corrected chi connectivity index (χ2v) is 16.2. The highest BCUT2D eigenvalue weighted by atomic mass is 32.1. The molecule has 0 spiro atoms. The van der Waals surface area contributed by atoms with Crippen LogP contribution in [0.3, 0.4) is 0 Å². The van der Waals surface area contributed by atoms with E-state index < -0.39 is 32.5 Å². The highest BCUT2D eigenvalue weighted by Crippen LogP contribution is 2.36. The predicted molar refractivity (Wildman–Crippen MR) is 214 cm³/mol. The largest absolute Gasteiger partial charge is 0.469 e. The standard InChI is InChI=1S/C40H78NO9PS/c1-3-5-7-9-11-13-15-17-19-21-23-25-27-29-39(43)48-35-37(33-36(34-49-51(45,46)47)41-38(42)31-32-52)50-40(44)30-28-26-24-22-20-18-16-14-12-10-8-6-4-2/h36-37,52H,3-35H2,1-2H3,(H,41,42)(H2,45,46,47)/t36?,37-/m1/s1. The Kier molecular flexibility index (Phi) is 36.0. The highest BCUT2D eigenvalue weighted by molar-refractivity contribution is 7.80. The Morgan fingerprint density at radius 1 is 0.577 bits per heavy atom. The molecule has 1 amide bonds. The molecule has 12 heteroatoms. The minimum Gasteiger partial charge on any atom is -0.462 e. The maximum atomic E-state index is 12.8. The van der Waals surface area contributed by atoms with Gasteiger partial charge in [-0.15, -0.1) is 0 Å². The molecule has 2 atom stereocenters. The molecule has 0 saturated heterocycles. The second-order valence-electron chi connectivity index (χ2n) is 14.5. The van der Waals surface area contributed by atoms with Gasteiger partial charge in [0.25, 0.3) is 0 Å². The molecular formula is C40H78NO9PS. The Bertz CT molecular complexity index is 904. The summed E-state index contributed by atoms with van der Waals surface area (Å²) in [6, 6.07) is -0.881. The fraction of sp³-hybridized carbons (Fsp3) is 0.925. The van der Waals surface area contributed by atoms with Gasteiger partial charge in [0.05, 0.1) is 12.6 Å². The van der Waals surface area contributed by atoms with E-state index in [9.17, 15) is 28.7 Å². The normalized spacial score (nSPS) is 12.8. The van der Waals surface area contributed by atoms with Crippen molar-refractivity contribution in [1.82, 2.24) is 5.32 Å². The number of hydrogen-bond acceptors (Lipinski definition) is 8. The van der Waals surface area contributed by atoms with Crippen LogP contribution in [-0.2, 0) is 32.9 Å². The van der Waals surface area contributed by atoms with Gasteiger partial charge in [-0.25, -0.2) is 4.57 Å². The van der Waals surface area contributed by atoms with Gasteiger partial charge in [-0.1, -0.05) is 168 Å². The molecular weight excluding hydrogens is 701 g/mol. The summed E-state index contributed by atoms with van der Waals surface area (Å²) in [6.07, 6.45) is 30.9. The van der Waals surface area contributed by atoms with Gasteiger partial charge in [0, 0.05) is 25.7 Å². The van der Waals surface area contributed by atoms with Crippen LogP contribution in [0.5, 0.6) is 0 Å². The summed E-state index contributed by atoms with van der Waals surface area (Å²) in [7, 11) is -4.81. The van der Waals surface area contributed by atoms with Crippen molar-refractivity contribution in [3.63, 3.8) is 0 Å². The number of unbranched alkanes of at least 4 members (excludes halogenated alkanes) is 24. The van der Waals surface area contributed by atoms with Gasteiger partial charge in [-0.05, 0) is 18.6 Å². The summed E-state index contributed by atoms with van der Waals surface area (Å²) >= 11 is 4.07. The first kappa shape index (κ1) is 50.9. The number of rotatable bonds is 39. The van der Waals surface area contributed by atoms with Gasteiger partial charge >= 0.3 is 19.8 Å². The zero-order valence-electron chi connectivity index (χ0n) is 33.1. The van der Waals surface area contributed by atoms with Crippen molar-refractivity contribution in [3.8, 4) is 0 Å². The number of hydrogen-bond donors (Lipinski definition) is 4. The zero-order chi connectivity index (χ0) is 38.5. The smallest absolute Gasteiger partial charge is 0.462 e. The van der Waals surface area contributed by atoms with E-state index in [-0.39, 0.29) is 49.9 Å². The molecule has 1 unspecified atom stereocenters. The molecule has 0 saturated carbocycles. The van der Waals surface area contributed by atoms with E-state index in [1.54, 1.807) is 0 Å². The van der Waals surface area contributed by atoms with Crippen molar-refractivity contribution in [3.05, 3.63) is 0 Å². The van der Waals surface area contributed by atoms with Crippen molar-refractivity contribution in [2.24, 2.45) is 0 Å². The Balaban J connectivity index is 4.66. The van der Waals surface area contributed by atoms with Crippen LogP contribution >= 0.6 is 20.5 Å². The van der Waals surface area contributed by atoms with Crippen LogP contribution in [0.25, 0.3) is 0 Å². The van der Waals surface area contributed by atoms with E-state index in [0.29, 0.717) is 6.42 Å². The van der Waals surface area contributed by atoms with Gasteiger partial charge in [0.2, 0.25) is 5.91 Å². The number of phosphoric ester groups is 1. The lowest BCUT2D eigenvalue weighted by atomic mass is 10.0. The van der Waals surface area contributed by atoms with Crippen LogP contribution in [0.15, 0.2) is 0 Å². The number of esters is 2. The third-order valence-corrected chi connectivity index (χ3v) is 10.1. The molecule has 308 valence electrons. The van der Waals surface area contributed by atoms with Gasteiger partial charge in [0.1, 0.15) is 12.7 Å². The molecule has 0 rings (SSSR count). The van der Waals surface area contributed by atoms with E-state index >= 15 is 0 Å². The Hall–Kier alpha value is -1.13. The monoisotopic (exact) mass is 780 g/mol. The molecule has 0 aromatic carbocycles. The molecule has 0 aliphatic rings.